The number of carbonyl (C=O) groups is 1. The molecule has 0 radical (unpaired) electrons. The van der Waals surface area contributed by atoms with Crippen molar-refractivity contribution in [3.05, 3.63) is 78.4 Å². The summed E-state index contributed by atoms with van der Waals surface area (Å²) >= 11 is 0. The van der Waals surface area contributed by atoms with Gasteiger partial charge in [0.25, 0.3) is 0 Å². The fraction of sp³-hybridized carbons (Fsp3) is 0.296. The lowest BCUT2D eigenvalue weighted by Crippen LogP contribution is -2.47. The zero-order valence-electron chi connectivity index (χ0n) is 19.1. The highest BCUT2D eigenvalue weighted by Crippen LogP contribution is 2.23. The molecule has 1 amide bonds. The van der Waals surface area contributed by atoms with Gasteiger partial charge in [-0.2, -0.15) is 0 Å². The molecule has 0 saturated carbocycles. The summed E-state index contributed by atoms with van der Waals surface area (Å²) in [4.78, 5) is 12.2. The van der Waals surface area contributed by atoms with Crippen molar-refractivity contribution in [2.24, 2.45) is 5.73 Å². The fourth-order valence-electron chi connectivity index (χ4n) is 3.13. The van der Waals surface area contributed by atoms with E-state index >= 15 is 0 Å². The van der Waals surface area contributed by atoms with Gasteiger partial charge < -0.3 is 20.5 Å². The lowest BCUT2D eigenvalue weighted by Gasteiger charge is -2.21. The first-order valence-electron chi connectivity index (χ1n) is 11.1. The summed E-state index contributed by atoms with van der Waals surface area (Å²) in [6.45, 7) is 6.85. The maximum Gasteiger partial charge on any atom is 0.244 e. The Bertz CT molecular complexity index is 995. The molecule has 0 aliphatic carbocycles. The molecule has 168 valence electrons. The van der Waals surface area contributed by atoms with Crippen molar-refractivity contribution in [3.8, 4) is 22.6 Å². The second kappa shape index (κ2) is 10.8. The zero-order chi connectivity index (χ0) is 23.0. The zero-order valence-corrected chi connectivity index (χ0v) is 19.1. The van der Waals surface area contributed by atoms with Gasteiger partial charge in [-0.1, -0.05) is 43.3 Å². The van der Waals surface area contributed by atoms with E-state index in [2.05, 4.69) is 41.7 Å². The predicted molar refractivity (Wildman–Crippen MR) is 130 cm³/mol. The fourth-order valence-corrected chi connectivity index (χ4v) is 3.13. The molecule has 3 rings (SSSR count). The molecule has 1 atom stereocenters. The SMILES string of the molecule is CCOc1ccc(-c2ccc(CCOc3ccc(NC(=O)[C@@](C)(N)CC)cc3)cc2)cc1. The molecule has 0 fully saturated rings. The van der Waals surface area contributed by atoms with E-state index in [0.717, 1.165) is 23.5 Å². The molecule has 0 aromatic heterocycles. The van der Waals surface area contributed by atoms with E-state index in [1.54, 1.807) is 6.92 Å². The first-order valence-corrected chi connectivity index (χ1v) is 11.1. The Morgan fingerprint density at radius 2 is 1.38 bits per heavy atom. The van der Waals surface area contributed by atoms with Crippen LogP contribution in [0.2, 0.25) is 0 Å². The number of hydrogen-bond acceptors (Lipinski definition) is 4. The normalized spacial score (nSPS) is 12.6. The van der Waals surface area contributed by atoms with E-state index in [1.807, 2.05) is 50.2 Å². The monoisotopic (exact) mass is 432 g/mol. The first kappa shape index (κ1) is 23.4. The van der Waals surface area contributed by atoms with E-state index in [9.17, 15) is 4.79 Å². The summed E-state index contributed by atoms with van der Waals surface area (Å²) in [6, 6.07) is 24.0. The van der Waals surface area contributed by atoms with Gasteiger partial charge in [-0.15, -0.1) is 0 Å². The molecule has 0 bridgehead atoms. The van der Waals surface area contributed by atoms with Crippen LogP contribution in [0.1, 0.15) is 32.8 Å². The number of carbonyl (C=O) groups excluding carboxylic acids is 1. The molecular weight excluding hydrogens is 400 g/mol. The standard InChI is InChI=1S/C27H32N2O3/c1-4-27(3,28)26(30)29-23-12-16-25(17-13-23)32-19-18-20-6-8-21(9-7-20)22-10-14-24(15-11-22)31-5-2/h6-17H,4-5,18-19,28H2,1-3H3,(H,29,30)/t27-/m0/s1. The van der Waals surface area contributed by atoms with E-state index in [-0.39, 0.29) is 5.91 Å². The Morgan fingerprint density at radius 1 is 0.844 bits per heavy atom. The summed E-state index contributed by atoms with van der Waals surface area (Å²) in [6.07, 6.45) is 1.38. The first-order chi connectivity index (χ1) is 15.4. The molecule has 3 N–H and O–H groups in total. The highest BCUT2D eigenvalue weighted by molar-refractivity contribution is 5.97. The average molecular weight is 433 g/mol. The number of nitrogens with one attached hydrogen (secondary N) is 1. The number of rotatable bonds is 10. The molecule has 3 aromatic carbocycles. The Labute approximate surface area is 190 Å². The van der Waals surface area contributed by atoms with E-state index in [4.69, 9.17) is 15.2 Å². The number of amides is 1. The third kappa shape index (κ3) is 6.34. The predicted octanol–water partition coefficient (Wildman–Crippen LogP) is 5.44. The van der Waals surface area contributed by atoms with Crippen LogP contribution in [0.15, 0.2) is 72.8 Å². The quantitative estimate of drug-likeness (QED) is 0.447. The summed E-state index contributed by atoms with van der Waals surface area (Å²) in [5.41, 5.74) is 9.36. The van der Waals surface area contributed by atoms with Gasteiger partial charge in [-0.3, -0.25) is 4.79 Å². The lowest BCUT2D eigenvalue weighted by molar-refractivity contribution is -0.120. The molecule has 0 unspecified atom stereocenters. The Hall–Kier alpha value is -3.31. The smallest absolute Gasteiger partial charge is 0.244 e. The topological polar surface area (TPSA) is 73.6 Å². The minimum absolute atomic E-state index is 0.192. The minimum atomic E-state index is -0.877. The van der Waals surface area contributed by atoms with Crippen LogP contribution in [-0.4, -0.2) is 24.7 Å². The number of benzene rings is 3. The van der Waals surface area contributed by atoms with Gasteiger partial charge in [-0.05, 0) is 73.4 Å². The van der Waals surface area contributed by atoms with Gasteiger partial charge in [0.05, 0.1) is 18.8 Å². The summed E-state index contributed by atoms with van der Waals surface area (Å²) in [5.74, 6) is 1.46. The van der Waals surface area contributed by atoms with Crippen LogP contribution in [0.25, 0.3) is 11.1 Å². The third-order valence-corrected chi connectivity index (χ3v) is 5.48. The van der Waals surface area contributed by atoms with Gasteiger partial charge in [0, 0.05) is 12.1 Å². The van der Waals surface area contributed by atoms with Gasteiger partial charge in [0.1, 0.15) is 11.5 Å². The van der Waals surface area contributed by atoms with Crippen molar-refractivity contribution in [2.75, 3.05) is 18.5 Å². The van der Waals surface area contributed by atoms with Crippen LogP contribution in [-0.2, 0) is 11.2 Å². The summed E-state index contributed by atoms with van der Waals surface area (Å²) in [5, 5.41) is 2.84. The number of anilines is 1. The van der Waals surface area contributed by atoms with Gasteiger partial charge in [0.15, 0.2) is 0 Å². The Morgan fingerprint density at radius 3 is 1.94 bits per heavy atom. The number of ether oxygens (including phenoxy) is 2. The van der Waals surface area contributed by atoms with Crippen molar-refractivity contribution >= 4 is 11.6 Å². The summed E-state index contributed by atoms with van der Waals surface area (Å²) < 4.78 is 11.4. The maximum absolute atomic E-state index is 12.2. The van der Waals surface area contributed by atoms with Crippen molar-refractivity contribution < 1.29 is 14.3 Å². The molecule has 0 aliphatic rings. The third-order valence-electron chi connectivity index (χ3n) is 5.48. The second-order valence-corrected chi connectivity index (χ2v) is 8.00. The number of nitrogens with two attached hydrogens (primary N) is 1. The van der Waals surface area contributed by atoms with Crippen LogP contribution in [0.3, 0.4) is 0 Å². The van der Waals surface area contributed by atoms with Gasteiger partial charge in [-0.25, -0.2) is 0 Å². The molecule has 0 heterocycles. The number of hydrogen-bond donors (Lipinski definition) is 2. The molecule has 5 heteroatoms. The Kier molecular flexibility index (Phi) is 7.90. The molecule has 5 nitrogen and oxygen atoms in total. The molecule has 0 saturated heterocycles. The highest BCUT2D eigenvalue weighted by atomic mass is 16.5. The van der Waals surface area contributed by atoms with Crippen molar-refractivity contribution in [3.63, 3.8) is 0 Å². The lowest BCUT2D eigenvalue weighted by atomic mass is 9.99. The van der Waals surface area contributed by atoms with Gasteiger partial charge >= 0.3 is 0 Å². The average Bonchev–Trinajstić information content (AvgIpc) is 2.81. The largest absolute Gasteiger partial charge is 0.494 e. The highest BCUT2D eigenvalue weighted by Gasteiger charge is 2.25. The molecular formula is C27H32N2O3. The van der Waals surface area contributed by atoms with Crippen molar-refractivity contribution in [1.82, 2.24) is 0 Å². The van der Waals surface area contributed by atoms with E-state index in [1.165, 1.54) is 11.1 Å². The molecule has 0 aliphatic heterocycles. The van der Waals surface area contributed by atoms with Crippen molar-refractivity contribution in [2.45, 2.75) is 39.2 Å². The minimum Gasteiger partial charge on any atom is -0.494 e. The van der Waals surface area contributed by atoms with E-state index in [0.29, 0.717) is 25.3 Å². The maximum atomic E-state index is 12.2. The van der Waals surface area contributed by atoms with Crippen LogP contribution in [0, 0.1) is 0 Å². The summed E-state index contributed by atoms with van der Waals surface area (Å²) in [7, 11) is 0. The van der Waals surface area contributed by atoms with Crippen LogP contribution in [0.4, 0.5) is 5.69 Å². The van der Waals surface area contributed by atoms with Crippen LogP contribution < -0.4 is 20.5 Å². The molecule has 0 spiro atoms. The van der Waals surface area contributed by atoms with E-state index < -0.39 is 5.54 Å². The van der Waals surface area contributed by atoms with Gasteiger partial charge in [0.2, 0.25) is 5.91 Å². The molecule has 32 heavy (non-hydrogen) atoms. The Balaban J connectivity index is 1.48. The second-order valence-electron chi connectivity index (χ2n) is 8.00. The molecule has 3 aromatic rings. The van der Waals surface area contributed by atoms with Crippen LogP contribution in [0.5, 0.6) is 11.5 Å². The van der Waals surface area contributed by atoms with Crippen LogP contribution >= 0.6 is 0 Å². The van der Waals surface area contributed by atoms with Crippen molar-refractivity contribution in [1.29, 1.82) is 0 Å².